The highest BCUT2D eigenvalue weighted by Gasteiger charge is 2.54. The Bertz CT molecular complexity index is 406. The molecule has 0 aromatic carbocycles. The zero-order valence-corrected chi connectivity index (χ0v) is 12.9. The van der Waals surface area contributed by atoms with Crippen molar-refractivity contribution in [2.24, 2.45) is 28.6 Å². The number of fused-ring (bicyclic) bond motifs is 5. The maximum Gasteiger partial charge on any atom is -0.0110 e. The summed E-state index contributed by atoms with van der Waals surface area (Å²) in [5.74, 6) is 3.07. The van der Waals surface area contributed by atoms with E-state index in [1.807, 2.05) is 5.57 Å². The second kappa shape index (κ2) is 4.12. The lowest BCUT2D eigenvalue weighted by Crippen LogP contribution is -2.49. The van der Waals surface area contributed by atoms with Crippen LogP contribution in [-0.4, -0.2) is 0 Å². The van der Waals surface area contributed by atoms with Gasteiger partial charge in [-0.15, -0.1) is 0 Å². The van der Waals surface area contributed by atoms with E-state index in [0.29, 0.717) is 10.8 Å². The standard InChI is InChI=1S/C19H30/c1-18-11-5-7-16(18)15-9-8-14-6-3-4-12-19(14,2)17(15)10-13-18/h7,14-15,17H,3-6,8-13H2,1-2H3. The fraction of sp³-hybridized carbons (Fsp3) is 0.895. The zero-order valence-electron chi connectivity index (χ0n) is 12.9. The molecular formula is C19H30. The smallest absolute Gasteiger partial charge is 0.0110 e. The van der Waals surface area contributed by atoms with Gasteiger partial charge in [0.05, 0.1) is 0 Å². The largest absolute Gasteiger partial charge is 0.0845 e. The summed E-state index contributed by atoms with van der Waals surface area (Å²) in [6, 6.07) is 0. The molecule has 0 bridgehead atoms. The van der Waals surface area contributed by atoms with E-state index in [2.05, 4.69) is 19.9 Å². The third-order valence-electron chi connectivity index (χ3n) is 7.77. The van der Waals surface area contributed by atoms with Crippen LogP contribution in [0.1, 0.15) is 78.1 Å². The second-order valence-corrected chi connectivity index (χ2v) is 8.54. The molecular weight excluding hydrogens is 228 g/mol. The average Bonchev–Trinajstić information content (AvgIpc) is 2.79. The van der Waals surface area contributed by atoms with E-state index >= 15 is 0 Å². The van der Waals surface area contributed by atoms with Crippen molar-refractivity contribution in [2.45, 2.75) is 78.1 Å². The van der Waals surface area contributed by atoms with Crippen LogP contribution in [0.5, 0.6) is 0 Å². The third-order valence-corrected chi connectivity index (χ3v) is 7.77. The summed E-state index contributed by atoms with van der Waals surface area (Å²) in [4.78, 5) is 0. The second-order valence-electron chi connectivity index (χ2n) is 8.54. The van der Waals surface area contributed by atoms with E-state index in [4.69, 9.17) is 0 Å². The molecule has 0 saturated heterocycles. The van der Waals surface area contributed by atoms with Crippen LogP contribution in [0.4, 0.5) is 0 Å². The first-order valence-electron chi connectivity index (χ1n) is 8.84. The Labute approximate surface area is 119 Å². The Morgan fingerprint density at radius 2 is 1.84 bits per heavy atom. The molecule has 0 N–H and O–H groups in total. The van der Waals surface area contributed by atoms with Gasteiger partial charge in [0.25, 0.3) is 0 Å². The molecule has 0 aromatic rings. The quantitative estimate of drug-likeness (QED) is 0.487. The van der Waals surface area contributed by atoms with Gasteiger partial charge in [0.1, 0.15) is 0 Å². The Morgan fingerprint density at radius 3 is 2.74 bits per heavy atom. The molecule has 3 fully saturated rings. The fourth-order valence-corrected chi connectivity index (χ4v) is 6.62. The van der Waals surface area contributed by atoms with Crippen LogP contribution >= 0.6 is 0 Å². The first-order valence-corrected chi connectivity index (χ1v) is 8.84. The van der Waals surface area contributed by atoms with Gasteiger partial charge in [0.2, 0.25) is 0 Å². The van der Waals surface area contributed by atoms with Crippen LogP contribution in [0, 0.1) is 28.6 Å². The average molecular weight is 258 g/mol. The van der Waals surface area contributed by atoms with Crippen molar-refractivity contribution >= 4 is 0 Å². The minimum atomic E-state index is 0.610. The van der Waals surface area contributed by atoms with Crippen LogP contribution in [0.2, 0.25) is 0 Å². The Morgan fingerprint density at radius 1 is 0.947 bits per heavy atom. The van der Waals surface area contributed by atoms with Crippen molar-refractivity contribution < 1.29 is 0 Å². The molecule has 0 nitrogen and oxygen atoms in total. The van der Waals surface area contributed by atoms with Crippen LogP contribution in [-0.2, 0) is 0 Å². The molecule has 0 spiro atoms. The van der Waals surface area contributed by atoms with E-state index in [0.717, 1.165) is 17.8 Å². The lowest BCUT2D eigenvalue weighted by molar-refractivity contribution is -0.0507. The van der Waals surface area contributed by atoms with Crippen molar-refractivity contribution in [3.05, 3.63) is 11.6 Å². The first kappa shape index (κ1) is 12.5. The summed E-state index contributed by atoms with van der Waals surface area (Å²) < 4.78 is 0. The van der Waals surface area contributed by atoms with Crippen LogP contribution < -0.4 is 0 Å². The van der Waals surface area contributed by atoms with E-state index < -0.39 is 0 Å². The highest BCUT2D eigenvalue weighted by Crippen LogP contribution is 2.64. The molecule has 4 aliphatic rings. The van der Waals surface area contributed by atoms with Gasteiger partial charge in [-0.3, -0.25) is 0 Å². The van der Waals surface area contributed by atoms with Gasteiger partial charge in [-0.05, 0) is 80.0 Å². The van der Waals surface area contributed by atoms with Gasteiger partial charge in [-0.1, -0.05) is 38.3 Å². The monoisotopic (exact) mass is 258 g/mol. The number of hydrogen-bond donors (Lipinski definition) is 0. The topological polar surface area (TPSA) is 0 Å². The molecule has 5 atom stereocenters. The van der Waals surface area contributed by atoms with Gasteiger partial charge >= 0.3 is 0 Å². The molecule has 4 rings (SSSR count). The number of rotatable bonds is 0. The maximum absolute atomic E-state index is 2.67. The molecule has 0 heterocycles. The van der Waals surface area contributed by atoms with Gasteiger partial charge in [-0.25, -0.2) is 0 Å². The first-order chi connectivity index (χ1) is 9.13. The van der Waals surface area contributed by atoms with Crippen LogP contribution in [0.25, 0.3) is 0 Å². The molecule has 0 radical (unpaired) electrons. The maximum atomic E-state index is 2.67. The fourth-order valence-electron chi connectivity index (χ4n) is 6.62. The summed E-state index contributed by atoms with van der Waals surface area (Å²) in [6.45, 7) is 5.24. The Kier molecular flexibility index (Phi) is 2.71. The van der Waals surface area contributed by atoms with Crippen molar-refractivity contribution in [3.8, 4) is 0 Å². The summed E-state index contributed by atoms with van der Waals surface area (Å²) in [5.41, 5.74) is 3.22. The minimum absolute atomic E-state index is 0.610. The van der Waals surface area contributed by atoms with Crippen LogP contribution in [0.15, 0.2) is 11.6 Å². The molecule has 3 saturated carbocycles. The van der Waals surface area contributed by atoms with E-state index in [1.54, 1.807) is 0 Å². The zero-order chi connectivity index (χ0) is 13.1. The highest BCUT2D eigenvalue weighted by atomic mass is 14.6. The van der Waals surface area contributed by atoms with Crippen molar-refractivity contribution in [1.82, 2.24) is 0 Å². The summed E-state index contributed by atoms with van der Waals surface area (Å²) >= 11 is 0. The van der Waals surface area contributed by atoms with Crippen LogP contribution in [0.3, 0.4) is 0 Å². The molecule has 0 heteroatoms. The predicted octanol–water partition coefficient (Wildman–Crippen LogP) is 5.73. The Balaban J connectivity index is 1.68. The predicted molar refractivity (Wildman–Crippen MR) is 80.9 cm³/mol. The molecule has 0 amide bonds. The number of allylic oxidation sites excluding steroid dienone is 2. The van der Waals surface area contributed by atoms with E-state index in [1.165, 1.54) is 64.2 Å². The van der Waals surface area contributed by atoms with E-state index in [9.17, 15) is 0 Å². The summed E-state index contributed by atoms with van der Waals surface area (Å²) in [5, 5.41) is 0. The molecule has 5 unspecified atom stereocenters. The summed E-state index contributed by atoms with van der Waals surface area (Å²) in [7, 11) is 0. The van der Waals surface area contributed by atoms with Crippen molar-refractivity contribution in [1.29, 1.82) is 0 Å². The van der Waals surface area contributed by atoms with Gasteiger partial charge in [0, 0.05) is 0 Å². The SMILES string of the molecule is CC12CCC=C1C1CCC3CCCCC3(C)C1CC2. The molecule has 19 heavy (non-hydrogen) atoms. The normalized spacial score (nSPS) is 52.9. The van der Waals surface area contributed by atoms with Crippen molar-refractivity contribution in [2.75, 3.05) is 0 Å². The third kappa shape index (κ3) is 1.64. The Hall–Kier alpha value is -0.260. The molecule has 0 aromatic heterocycles. The molecule has 106 valence electrons. The highest BCUT2D eigenvalue weighted by molar-refractivity contribution is 5.27. The molecule has 0 aliphatic heterocycles. The lowest BCUT2D eigenvalue weighted by Gasteiger charge is -2.58. The summed E-state index contributed by atoms with van der Waals surface area (Å²) in [6.07, 6.45) is 17.6. The van der Waals surface area contributed by atoms with Gasteiger partial charge < -0.3 is 0 Å². The van der Waals surface area contributed by atoms with Gasteiger partial charge in [-0.2, -0.15) is 0 Å². The lowest BCUT2D eigenvalue weighted by atomic mass is 9.47. The minimum Gasteiger partial charge on any atom is -0.0845 e. The van der Waals surface area contributed by atoms with Crippen molar-refractivity contribution in [3.63, 3.8) is 0 Å². The number of hydrogen-bond acceptors (Lipinski definition) is 0. The van der Waals surface area contributed by atoms with E-state index in [-0.39, 0.29) is 0 Å². The van der Waals surface area contributed by atoms with Gasteiger partial charge in [0.15, 0.2) is 0 Å². The molecule has 4 aliphatic carbocycles.